The van der Waals surface area contributed by atoms with Gasteiger partial charge in [0.25, 0.3) is 0 Å². The largest absolute Gasteiger partial charge is 0.464 e. The van der Waals surface area contributed by atoms with Gasteiger partial charge in [-0.1, -0.05) is 0 Å². The van der Waals surface area contributed by atoms with Crippen LogP contribution in [0.3, 0.4) is 0 Å². The van der Waals surface area contributed by atoms with Crippen molar-refractivity contribution in [2.75, 3.05) is 6.61 Å². The minimum Gasteiger partial charge on any atom is -0.464 e. The number of Topliss-reactive ketones (excluding diaryl/α,β-unsaturated/α-hetero) is 1. The smallest absolute Gasteiger partial charge is 0.338 e. The van der Waals surface area contributed by atoms with Crippen molar-refractivity contribution in [3.63, 3.8) is 0 Å². The van der Waals surface area contributed by atoms with Gasteiger partial charge in [0.2, 0.25) is 0 Å². The van der Waals surface area contributed by atoms with Gasteiger partial charge in [-0.15, -0.1) is 0 Å². The zero-order chi connectivity index (χ0) is 13.5. The number of ketones is 1. The Balaban J connectivity index is 2.10. The number of allylic oxidation sites excluding steroid dienone is 1. The molecule has 0 saturated carbocycles. The molecule has 0 aromatic carbocycles. The van der Waals surface area contributed by atoms with Gasteiger partial charge in [-0.3, -0.25) is 9.79 Å². The number of aliphatic imine (C=N–C) groups is 1. The van der Waals surface area contributed by atoms with E-state index in [2.05, 4.69) is 4.99 Å². The third-order valence-electron chi connectivity index (χ3n) is 4.60. The van der Waals surface area contributed by atoms with E-state index in [1.54, 1.807) is 0 Å². The van der Waals surface area contributed by atoms with E-state index in [1.165, 1.54) is 0 Å². The molecule has 0 spiro atoms. The van der Waals surface area contributed by atoms with Crippen LogP contribution in [0.2, 0.25) is 0 Å². The Morgan fingerprint density at radius 2 is 2.32 bits per heavy atom. The summed E-state index contributed by atoms with van der Waals surface area (Å²) < 4.78 is 5.27. The molecule has 102 valence electrons. The zero-order valence-corrected chi connectivity index (χ0v) is 11.3. The first kappa shape index (κ1) is 12.6. The van der Waals surface area contributed by atoms with Gasteiger partial charge in [0.1, 0.15) is 0 Å². The van der Waals surface area contributed by atoms with Crippen LogP contribution in [0.15, 0.2) is 16.1 Å². The fraction of sp³-hybridized carbons (Fsp3) is 0.667. The Labute approximate surface area is 112 Å². The molecular formula is C15H19NO3. The molecule has 3 aliphatic rings. The van der Waals surface area contributed by atoms with Crippen molar-refractivity contribution in [2.24, 2.45) is 10.9 Å². The van der Waals surface area contributed by atoms with E-state index < -0.39 is 5.54 Å². The Bertz CT molecular complexity index is 492. The van der Waals surface area contributed by atoms with E-state index in [-0.39, 0.29) is 17.7 Å². The molecule has 4 nitrogen and oxygen atoms in total. The highest BCUT2D eigenvalue weighted by Gasteiger charge is 2.55. The van der Waals surface area contributed by atoms with E-state index in [1.807, 2.05) is 13.1 Å². The number of rotatable bonds is 2. The van der Waals surface area contributed by atoms with Gasteiger partial charge in [0, 0.05) is 18.6 Å². The SMILES string of the molecule is CCOC(=O)[C@@]12N=CC[C@@H]1CCC1=C2CCCC1=O. The number of hydrogen-bond acceptors (Lipinski definition) is 4. The number of ether oxygens (including phenoxy) is 1. The number of esters is 1. The lowest BCUT2D eigenvalue weighted by atomic mass is 9.65. The lowest BCUT2D eigenvalue weighted by molar-refractivity contribution is -0.150. The van der Waals surface area contributed by atoms with Crippen molar-refractivity contribution >= 4 is 18.0 Å². The minimum absolute atomic E-state index is 0.191. The average molecular weight is 261 g/mol. The van der Waals surface area contributed by atoms with Crippen LogP contribution in [0.25, 0.3) is 0 Å². The molecule has 0 fully saturated rings. The molecular weight excluding hydrogens is 242 g/mol. The number of carbonyl (C=O) groups is 2. The molecule has 0 amide bonds. The molecule has 0 aromatic rings. The molecule has 19 heavy (non-hydrogen) atoms. The Hall–Kier alpha value is -1.45. The van der Waals surface area contributed by atoms with Crippen molar-refractivity contribution in [3.05, 3.63) is 11.1 Å². The summed E-state index contributed by atoms with van der Waals surface area (Å²) in [6.07, 6.45) is 6.61. The van der Waals surface area contributed by atoms with Gasteiger partial charge in [0.05, 0.1) is 6.61 Å². The second-order valence-corrected chi connectivity index (χ2v) is 5.50. The van der Waals surface area contributed by atoms with Crippen LogP contribution in [0, 0.1) is 5.92 Å². The van der Waals surface area contributed by atoms with Crippen LogP contribution in [-0.4, -0.2) is 30.1 Å². The number of fused-ring (bicyclic) bond motifs is 2. The second kappa shape index (κ2) is 4.58. The molecule has 1 aliphatic heterocycles. The van der Waals surface area contributed by atoms with Gasteiger partial charge < -0.3 is 4.74 Å². The quantitative estimate of drug-likeness (QED) is 0.716. The maximum absolute atomic E-state index is 12.5. The maximum atomic E-state index is 12.5. The first-order valence-corrected chi connectivity index (χ1v) is 7.16. The van der Waals surface area contributed by atoms with E-state index in [0.29, 0.717) is 13.0 Å². The molecule has 2 aliphatic carbocycles. The van der Waals surface area contributed by atoms with Gasteiger partial charge in [-0.05, 0) is 50.2 Å². The summed E-state index contributed by atoms with van der Waals surface area (Å²) in [4.78, 5) is 29.1. The van der Waals surface area contributed by atoms with Crippen LogP contribution in [0.5, 0.6) is 0 Å². The summed E-state index contributed by atoms with van der Waals surface area (Å²) in [6, 6.07) is 0. The number of carbonyl (C=O) groups excluding carboxylic acids is 2. The maximum Gasteiger partial charge on any atom is 0.338 e. The number of hydrogen-bond donors (Lipinski definition) is 0. The highest BCUT2D eigenvalue weighted by atomic mass is 16.5. The van der Waals surface area contributed by atoms with Gasteiger partial charge in [-0.2, -0.15) is 0 Å². The summed E-state index contributed by atoms with van der Waals surface area (Å²) in [5.41, 5.74) is 0.974. The molecule has 0 N–H and O–H groups in total. The van der Waals surface area contributed by atoms with Gasteiger partial charge in [0.15, 0.2) is 11.3 Å². The fourth-order valence-corrected chi connectivity index (χ4v) is 3.76. The minimum atomic E-state index is -0.861. The van der Waals surface area contributed by atoms with Crippen LogP contribution < -0.4 is 0 Å². The highest BCUT2D eigenvalue weighted by Crippen LogP contribution is 2.49. The summed E-state index contributed by atoms with van der Waals surface area (Å²) >= 11 is 0. The third kappa shape index (κ3) is 1.69. The van der Waals surface area contributed by atoms with E-state index in [0.717, 1.165) is 43.3 Å². The predicted octanol–water partition coefficient (Wildman–Crippen LogP) is 2.22. The molecule has 4 heteroatoms. The monoisotopic (exact) mass is 261 g/mol. The van der Waals surface area contributed by atoms with Crippen LogP contribution in [0.4, 0.5) is 0 Å². The molecule has 0 bridgehead atoms. The van der Waals surface area contributed by atoms with Crippen LogP contribution in [0.1, 0.15) is 45.4 Å². The first-order chi connectivity index (χ1) is 9.20. The molecule has 0 aromatic heterocycles. The van der Waals surface area contributed by atoms with Crippen molar-refractivity contribution < 1.29 is 14.3 Å². The molecule has 0 radical (unpaired) electrons. The Morgan fingerprint density at radius 1 is 1.47 bits per heavy atom. The third-order valence-corrected chi connectivity index (χ3v) is 4.60. The van der Waals surface area contributed by atoms with Crippen LogP contribution in [-0.2, 0) is 14.3 Å². The fourth-order valence-electron chi connectivity index (χ4n) is 3.76. The molecule has 0 saturated heterocycles. The lowest BCUT2D eigenvalue weighted by Crippen LogP contribution is -2.48. The van der Waals surface area contributed by atoms with E-state index in [9.17, 15) is 9.59 Å². The lowest BCUT2D eigenvalue weighted by Gasteiger charge is -2.40. The molecule has 3 rings (SSSR count). The summed E-state index contributed by atoms with van der Waals surface area (Å²) in [5.74, 6) is 0.150. The van der Waals surface area contributed by atoms with Crippen molar-refractivity contribution in [3.8, 4) is 0 Å². The van der Waals surface area contributed by atoms with Crippen molar-refractivity contribution in [2.45, 2.75) is 51.0 Å². The summed E-state index contributed by atoms with van der Waals surface area (Å²) in [7, 11) is 0. The predicted molar refractivity (Wildman–Crippen MR) is 71.1 cm³/mol. The Morgan fingerprint density at radius 3 is 3.11 bits per heavy atom. The highest BCUT2D eigenvalue weighted by molar-refractivity contribution is 6.01. The Kier molecular flexibility index (Phi) is 3.03. The molecule has 1 heterocycles. The summed E-state index contributed by atoms with van der Waals surface area (Å²) in [5, 5.41) is 0. The van der Waals surface area contributed by atoms with Gasteiger partial charge in [-0.25, -0.2) is 4.79 Å². The van der Waals surface area contributed by atoms with Crippen molar-refractivity contribution in [1.29, 1.82) is 0 Å². The van der Waals surface area contributed by atoms with Gasteiger partial charge >= 0.3 is 5.97 Å². The number of nitrogens with zero attached hydrogens (tertiary/aromatic N) is 1. The zero-order valence-electron chi connectivity index (χ0n) is 11.3. The molecule has 0 unspecified atom stereocenters. The summed E-state index contributed by atoms with van der Waals surface area (Å²) in [6.45, 7) is 2.17. The topological polar surface area (TPSA) is 55.7 Å². The normalized spacial score (nSPS) is 33.1. The van der Waals surface area contributed by atoms with Crippen molar-refractivity contribution in [1.82, 2.24) is 0 Å². The molecule has 2 atom stereocenters. The van der Waals surface area contributed by atoms with E-state index >= 15 is 0 Å². The average Bonchev–Trinajstić information content (AvgIpc) is 2.84. The van der Waals surface area contributed by atoms with E-state index in [4.69, 9.17) is 4.74 Å². The van der Waals surface area contributed by atoms with Crippen LogP contribution >= 0.6 is 0 Å². The second-order valence-electron chi connectivity index (χ2n) is 5.50. The first-order valence-electron chi connectivity index (χ1n) is 7.16. The standard InChI is InChI=1S/C15H19NO3/c1-2-19-14(18)15-10(8-9-16-15)6-7-11-12(15)4-3-5-13(11)17/h9-10H,2-8H2,1H3/t10-,15+/m0/s1.